The Kier molecular flexibility index (Phi) is 6.92. The summed E-state index contributed by atoms with van der Waals surface area (Å²) in [6.07, 6.45) is 12.2. The normalized spacial score (nSPS) is 32.4. The Balaban J connectivity index is 1.11. The predicted molar refractivity (Wildman–Crippen MR) is 159 cm³/mol. The van der Waals surface area contributed by atoms with E-state index >= 15 is 0 Å². The molecule has 2 bridgehead atoms. The van der Waals surface area contributed by atoms with Crippen molar-refractivity contribution in [2.45, 2.75) is 120 Å². The molecule has 3 fully saturated rings. The van der Waals surface area contributed by atoms with Crippen LogP contribution in [0.25, 0.3) is 0 Å². The Morgan fingerprint density at radius 3 is 2.58 bits per heavy atom. The topological polar surface area (TPSA) is 56.2 Å². The number of nitrogens with zero attached hydrogens (tertiary/aromatic N) is 2. The van der Waals surface area contributed by atoms with Gasteiger partial charge in [0.15, 0.2) is 11.5 Å². The molecule has 5 atom stereocenters. The minimum Gasteiger partial charge on any atom is -0.504 e. The highest BCUT2D eigenvalue weighted by molar-refractivity contribution is 5.62. The molecule has 2 heterocycles. The molecular weight excluding hydrogens is 496 g/mol. The van der Waals surface area contributed by atoms with E-state index in [1.54, 1.807) is 0 Å². The summed E-state index contributed by atoms with van der Waals surface area (Å²) in [6, 6.07) is 15.6. The quantitative estimate of drug-likeness (QED) is 0.348. The molecule has 216 valence electrons. The zero-order valence-corrected chi connectivity index (χ0v) is 24.5. The maximum atomic E-state index is 12.8. The molecule has 2 aliphatic heterocycles. The number of hydrogen-bond donors (Lipinski definition) is 2. The maximum absolute atomic E-state index is 12.8. The fraction of sp³-hybridized carbons (Fsp3) is 0.657. The average Bonchev–Trinajstić information content (AvgIpc) is 3.69. The van der Waals surface area contributed by atoms with E-state index in [0.29, 0.717) is 11.8 Å². The summed E-state index contributed by atoms with van der Waals surface area (Å²) >= 11 is 0. The van der Waals surface area contributed by atoms with Gasteiger partial charge in [0.1, 0.15) is 6.10 Å². The smallest absolute Gasteiger partial charge is 0.165 e. The van der Waals surface area contributed by atoms with E-state index in [2.05, 4.69) is 60.0 Å². The number of unbranched alkanes of at least 4 members (excludes halogenated alkanes) is 3. The van der Waals surface area contributed by atoms with Crippen LogP contribution in [0.2, 0.25) is 0 Å². The number of phenols is 1. The largest absolute Gasteiger partial charge is 0.504 e. The third-order valence-corrected chi connectivity index (χ3v) is 11.3. The Morgan fingerprint density at radius 2 is 1.80 bits per heavy atom. The first-order valence-electron chi connectivity index (χ1n) is 16.2. The van der Waals surface area contributed by atoms with Gasteiger partial charge >= 0.3 is 0 Å². The van der Waals surface area contributed by atoms with Crippen molar-refractivity contribution < 1.29 is 14.9 Å². The van der Waals surface area contributed by atoms with Gasteiger partial charge in [-0.1, -0.05) is 49.2 Å². The van der Waals surface area contributed by atoms with Crippen molar-refractivity contribution in [3.8, 4) is 11.5 Å². The molecule has 5 nitrogen and oxygen atoms in total. The fourth-order valence-corrected chi connectivity index (χ4v) is 9.22. The summed E-state index contributed by atoms with van der Waals surface area (Å²) < 4.78 is 6.87. The van der Waals surface area contributed by atoms with Crippen LogP contribution < -0.4 is 4.74 Å². The van der Waals surface area contributed by atoms with Gasteiger partial charge in [-0.2, -0.15) is 0 Å². The Hall–Kier alpha value is -2.08. The van der Waals surface area contributed by atoms with Crippen molar-refractivity contribution in [3.63, 3.8) is 0 Å². The van der Waals surface area contributed by atoms with Gasteiger partial charge in [-0.15, -0.1) is 0 Å². The monoisotopic (exact) mass is 544 g/mol. The van der Waals surface area contributed by atoms with Gasteiger partial charge in [0, 0.05) is 30.2 Å². The molecule has 2 unspecified atom stereocenters. The van der Waals surface area contributed by atoms with Gasteiger partial charge in [-0.05, 0) is 108 Å². The highest BCUT2D eigenvalue weighted by Crippen LogP contribution is 2.66. The van der Waals surface area contributed by atoms with Crippen molar-refractivity contribution in [2.24, 2.45) is 5.92 Å². The third-order valence-electron chi connectivity index (χ3n) is 11.3. The van der Waals surface area contributed by atoms with Gasteiger partial charge in [-0.3, -0.25) is 9.80 Å². The minimum absolute atomic E-state index is 0.111. The van der Waals surface area contributed by atoms with Crippen molar-refractivity contribution >= 4 is 0 Å². The standard InChI is InChI=1S/C35H48N2O3/c1-24(2)37(20-9-4-3-6-10-25-11-7-5-8-12-25)28-17-18-35(39)30-22-27-15-16-29(38)32-31(27)34(35,33(28)40-32)19-21-36(30)23-26-13-14-26/h5,7-8,11-12,15-16,24,26,28,30,33,38-39H,3-4,6,9-10,13-14,17-23H2,1-2H3/t28?,30-,33?,34+,35-/m1/s1. The van der Waals surface area contributed by atoms with Gasteiger partial charge in [0.25, 0.3) is 0 Å². The molecule has 1 saturated heterocycles. The molecule has 5 heteroatoms. The van der Waals surface area contributed by atoms with E-state index in [0.717, 1.165) is 63.2 Å². The highest BCUT2D eigenvalue weighted by atomic mass is 16.5. The number of rotatable bonds is 11. The zero-order valence-electron chi connectivity index (χ0n) is 24.5. The van der Waals surface area contributed by atoms with Crippen LogP contribution in [0, 0.1) is 5.92 Å². The van der Waals surface area contributed by atoms with Gasteiger partial charge in [0.05, 0.1) is 11.0 Å². The Morgan fingerprint density at radius 1 is 1.00 bits per heavy atom. The SMILES string of the molecule is CC(C)N(CCCCCCc1ccccc1)C1CC[C@@]2(O)[C@H]3Cc4ccc(O)c5c4[C@@]2(CCN3CC2CC2)C1O5. The van der Waals surface area contributed by atoms with Crippen LogP contribution in [0.3, 0.4) is 0 Å². The molecule has 2 aromatic rings. The summed E-state index contributed by atoms with van der Waals surface area (Å²) in [6.45, 7) is 7.85. The summed E-state index contributed by atoms with van der Waals surface area (Å²) in [4.78, 5) is 5.31. The number of phenolic OH excluding ortho intramolecular Hbond substituents is 1. The van der Waals surface area contributed by atoms with Crippen LogP contribution in [0.5, 0.6) is 11.5 Å². The van der Waals surface area contributed by atoms with E-state index < -0.39 is 11.0 Å². The van der Waals surface area contributed by atoms with Crippen LogP contribution in [0.15, 0.2) is 42.5 Å². The Labute approximate surface area is 240 Å². The number of benzene rings is 2. The van der Waals surface area contributed by atoms with Crippen molar-refractivity contribution in [2.75, 3.05) is 19.6 Å². The van der Waals surface area contributed by atoms with E-state index in [1.807, 2.05) is 6.07 Å². The number of piperidine rings is 1. The number of aryl methyl sites for hydroxylation is 1. The Bertz CT molecular complexity index is 1210. The summed E-state index contributed by atoms with van der Waals surface area (Å²) in [5.41, 5.74) is 2.66. The molecule has 0 radical (unpaired) electrons. The van der Waals surface area contributed by atoms with Crippen molar-refractivity contribution in [1.82, 2.24) is 9.80 Å². The van der Waals surface area contributed by atoms with E-state index in [4.69, 9.17) is 4.74 Å². The highest BCUT2D eigenvalue weighted by Gasteiger charge is 2.73. The maximum Gasteiger partial charge on any atom is 0.165 e. The molecule has 0 amide bonds. The number of aromatic hydroxyl groups is 1. The molecular formula is C35H48N2O3. The minimum atomic E-state index is -0.798. The molecule has 1 spiro atoms. The summed E-state index contributed by atoms with van der Waals surface area (Å²) in [7, 11) is 0. The molecule has 2 N–H and O–H groups in total. The lowest BCUT2D eigenvalue weighted by Crippen LogP contribution is -2.78. The number of ether oxygens (including phenoxy) is 1. The van der Waals surface area contributed by atoms with Crippen molar-refractivity contribution in [3.05, 3.63) is 59.2 Å². The predicted octanol–water partition coefficient (Wildman–Crippen LogP) is 5.84. The number of likely N-dealkylation sites (tertiary alicyclic amines) is 1. The summed E-state index contributed by atoms with van der Waals surface area (Å²) in [5.74, 6) is 1.73. The lowest BCUT2D eigenvalue weighted by atomic mass is 9.48. The van der Waals surface area contributed by atoms with Crippen LogP contribution in [0.4, 0.5) is 0 Å². The van der Waals surface area contributed by atoms with Crippen LogP contribution in [-0.2, 0) is 18.3 Å². The second-order valence-electron chi connectivity index (χ2n) is 13.9. The molecule has 3 aliphatic carbocycles. The van der Waals surface area contributed by atoms with Crippen LogP contribution >= 0.6 is 0 Å². The first-order valence-corrected chi connectivity index (χ1v) is 16.2. The van der Waals surface area contributed by atoms with Gasteiger partial charge in [0.2, 0.25) is 0 Å². The van der Waals surface area contributed by atoms with Crippen LogP contribution in [-0.4, -0.2) is 69.5 Å². The van der Waals surface area contributed by atoms with Crippen LogP contribution in [0.1, 0.15) is 88.3 Å². The molecule has 40 heavy (non-hydrogen) atoms. The lowest BCUT2D eigenvalue weighted by molar-refractivity contribution is -0.202. The first kappa shape index (κ1) is 26.8. The number of hydrogen-bond acceptors (Lipinski definition) is 5. The summed E-state index contributed by atoms with van der Waals surface area (Å²) in [5, 5.41) is 23.8. The third kappa shape index (κ3) is 4.22. The first-order chi connectivity index (χ1) is 19.4. The van der Waals surface area contributed by atoms with E-state index in [-0.39, 0.29) is 23.9 Å². The molecule has 2 saturated carbocycles. The van der Waals surface area contributed by atoms with E-state index in [1.165, 1.54) is 49.7 Å². The molecule has 0 aromatic heterocycles. The zero-order chi connectivity index (χ0) is 27.5. The number of aliphatic hydroxyl groups is 1. The van der Waals surface area contributed by atoms with Gasteiger partial charge < -0.3 is 14.9 Å². The van der Waals surface area contributed by atoms with E-state index in [9.17, 15) is 10.2 Å². The lowest BCUT2D eigenvalue weighted by Gasteiger charge is -2.65. The molecule has 7 rings (SSSR count). The molecule has 2 aromatic carbocycles. The average molecular weight is 545 g/mol. The second-order valence-corrected chi connectivity index (χ2v) is 13.9. The van der Waals surface area contributed by atoms with Gasteiger partial charge in [-0.25, -0.2) is 0 Å². The molecule has 5 aliphatic rings. The second kappa shape index (κ2) is 10.3. The fourth-order valence-electron chi connectivity index (χ4n) is 9.22. The van der Waals surface area contributed by atoms with Crippen molar-refractivity contribution in [1.29, 1.82) is 0 Å².